The third-order valence-corrected chi connectivity index (χ3v) is 10.9. The largest absolute Gasteiger partial charge is 0.508 e. The Labute approximate surface area is 239 Å². The molecule has 9 heteroatoms. The fraction of sp³-hybridized carbons (Fsp3) is 0.355. The molecule has 3 fully saturated rings. The van der Waals surface area contributed by atoms with E-state index in [9.17, 15) is 24.3 Å². The topological polar surface area (TPSA) is 95.0 Å². The first kappa shape index (κ1) is 25.4. The van der Waals surface area contributed by atoms with E-state index in [0.29, 0.717) is 18.4 Å². The van der Waals surface area contributed by atoms with Crippen molar-refractivity contribution in [3.8, 4) is 5.75 Å². The Morgan fingerprint density at radius 2 is 1.43 bits per heavy atom. The average Bonchev–Trinajstić information content (AvgIpc) is 3.74. The molecule has 4 amide bonds. The van der Waals surface area contributed by atoms with E-state index in [1.165, 1.54) is 32.5 Å². The highest BCUT2D eigenvalue weighted by molar-refractivity contribution is 7.10. The quantitative estimate of drug-likeness (QED) is 0.348. The first-order valence-electron chi connectivity index (χ1n) is 13.6. The normalized spacial score (nSPS) is 29.5. The maximum atomic E-state index is 14.0. The Morgan fingerprint density at radius 3 is 2.02 bits per heavy atom. The van der Waals surface area contributed by atoms with Crippen molar-refractivity contribution < 1.29 is 24.3 Å². The van der Waals surface area contributed by atoms with Gasteiger partial charge in [0.2, 0.25) is 23.6 Å². The smallest absolute Gasteiger partial charge is 0.234 e. The first-order valence-corrected chi connectivity index (χ1v) is 15.3. The van der Waals surface area contributed by atoms with E-state index in [2.05, 4.69) is 6.08 Å². The van der Waals surface area contributed by atoms with Crippen LogP contribution in [0.4, 0.5) is 0 Å². The Bertz CT molecular complexity index is 1560. The van der Waals surface area contributed by atoms with E-state index >= 15 is 0 Å². The molecule has 2 aromatic heterocycles. The molecule has 4 aliphatic rings. The second-order valence-electron chi connectivity index (χ2n) is 11.3. The van der Waals surface area contributed by atoms with Crippen LogP contribution in [0.25, 0.3) is 0 Å². The van der Waals surface area contributed by atoms with E-state index in [0.717, 1.165) is 20.9 Å². The van der Waals surface area contributed by atoms with Crippen LogP contribution in [0.3, 0.4) is 0 Å². The highest BCUT2D eigenvalue weighted by Crippen LogP contribution is 2.58. The summed E-state index contributed by atoms with van der Waals surface area (Å²) in [7, 11) is 0. The van der Waals surface area contributed by atoms with E-state index in [-0.39, 0.29) is 48.4 Å². The number of hydrogen-bond donors (Lipinski definition) is 1. The maximum Gasteiger partial charge on any atom is 0.234 e. The summed E-state index contributed by atoms with van der Waals surface area (Å²) in [6.07, 6.45) is 2.88. The minimum absolute atomic E-state index is 0.147. The molecule has 2 saturated heterocycles. The Morgan fingerprint density at radius 1 is 0.800 bits per heavy atom. The number of aromatic hydroxyl groups is 1. The number of benzene rings is 1. The molecule has 0 radical (unpaired) electrons. The van der Waals surface area contributed by atoms with Crippen molar-refractivity contribution in [3.05, 3.63) is 85.8 Å². The van der Waals surface area contributed by atoms with Crippen LogP contribution in [0, 0.1) is 36.5 Å². The minimum Gasteiger partial charge on any atom is -0.508 e. The third kappa shape index (κ3) is 3.82. The van der Waals surface area contributed by atoms with Crippen LogP contribution in [0.5, 0.6) is 5.75 Å². The summed E-state index contributed by atoms with van der Waals surface area (Å²) < 4.78 is 0. The summed E-state index contributed by atoms with van der Waals surface area (Å²) in [6, 6.07) is 13.0. The van der Waals surface area contributed by atoms with Crippen molar-refractivity contribution in [1.29, 1.82) is 0 Å². The SMILES string of the molecule is Cc1cc(C2C3=CCC4C(=O)N(Cc5cccs5)C(=O)C4C3CC3C(=O)N(Cc4cccs4)C(=O)C32)ccc1O. The number of carbonyl (C=O) groups is 4. The summed E-state index contributed by atoms with van der Waals surface area (Å²) >= 11 is 3.03. The van der Waals surface area contributed by atoms with Gasteiger partial charge < -0.3 is 5.11 Å². The van der Waals surface area contributed by atoms with Crippen molar-refractivity contribution >= 4 is 46.3 Å². The van der Waals surface area contributed by atoms with Gasteiger partial charge in [-0.2, -0.15) is 0 Å². The van der Waals surface area contributed by atoms with Crippen LogP contribution in [-0.2, 0) is 32.3 Å². The molecule has 6 unspecified atom stereocenters. The fourth-order valence-corrected chi connectivity index (χ4v) is 8.78. The molecule has 1 aromatic carbocycles. The molecule has 1 N–H and O–H groups in total. The molecule has 40 heavy (non-hydrogen) atoms. The van der Waals surface area contributed by atoms with Crippen molar-refractivity contribution in [2.45, 2.75) is 38.8 Å². The highest BCUT2D eigenvalue weighted by Gasteiger charge is 2.61. The molecule has 6 atom stereocenters. The molecule has 7 nitrogen and oxygen atoms in total. The van der Waals surface area contributed by atoms with Crippen molar-refractivity contribution in [1.82, 2.24) is 9.80 Å². The second kappa shape index (κ2) is 9.52. The first-order chi connectivity index (χ1) is 19.3. The number of fused-ring (bicyclic) bond motifs is 4. The van der Waals surface area contributed by atoms with Gasteiger partial charge in [0.05, 0.1) is 36.8 Å². The van der Waals surface area contributed by atoms with Gasteiger partial charge in [-0.25, -0.2) is 0 Å². The number of nitrogens with zero attached hydrogens (tertiary/aromatic N) is 2. The second-order valence-corrected chi connectivity index (χ2v) is 13.3. The number of thiophene rings is 2. The lowest BCUT2D eigenvalue weighted by molar-refractivity contribution is -0.142. The third-order valence-electron chi connectivity index (χ3n) is 9.20. The molecule has 2 aliphatic carbocycles. The van der Waals surface area contributed by atoms with E-state index in [4.69, 9.17) is 0 Å². The standard InChI is InChI=1S/C31H28N2O5S2/c1-16-12-17(6-9-24(16)34)25-20-7-8-21-26(30(37)32(28(21)35)14-18-4-2-10-39-18)22(20)13-23-27(25)31(38)33(29(23)36)15-19-5-3-11-40-19/h2-7,9-12,21-23,25-27,34H,8,13-15H2,1H3. The van der Waals surface area contributed by atoms with Gasteiger partial charge in [0.25, 0.3) is 0 Å². The van der Waals surface area contributed by atoms with Crippen LogP contribution in [-0.4, -0.2) is 38.5 Å². The summed E-state index contributed by atoms with van der Waals surface area (Å²) in [6.45, 7) is 2.32. The average molecular weight is 573 g/mol. The van der Waals surface area contributed by atoms with Gasteiger partial charge >= 0.3 is 0 Å². The Balaban J connectivity index is 1.29. The van der Waals surface area contributed by atoms with Gasteiger partial charge in [-0.15, -0.1) is 22.7 Å². The summed E-state index contributed by atoms with van der Waals surface area (Å²) in [5, 5.41) is 14.1. The number of aryl methyl sites for hydroxylation is 1. The molecule has 204 valence electrons. The van der Waals surface area contributed by atoms with Crippen LogP contribution in [0.2, 0.25) is 0 Å². The number of imide groups is 2. The molecule has 3 aromatic rings. The van der Waals surface area contributed by atoms with Crippen molar-refractivity contribution in [2.75, 3.05) is 0 Å². The number of phenols is 1. The highest BCUT2D eigenvalue weighted by atomic mass is 32.1. The van der Waals surface area contributed by atoms with Gasteiger partial charge in [0.15, 0.2) is 0 Å². The van der Waals surface area contributed by atoms with Gasteiger partial charge in [-0.05, 0) is 65.8 Å². The maximum absolute atomic E-state index is 14.0. The lowest BCUT2D eigenvalue weighted by Crippen LogP contribution is -2.43. The zero-order valence-electron chi connectivity index (χ0n) is 21.9. The molecular formula is C31H28N2O5S2. The summed E-state index contributed by atoms with van der Waals surface area (Å²) in [4.78, 5) is 59.9. The molecular weight excluding hydrogens is 544 g/mol. The number of amides is 4. The van der Waals surface area contributed by atoms with E-state index in [1.54, 1.807) is 6.07 Å². The lowest BCUT2D eigenvalue weighted by atomic mass is 9.57. The number of carbonyl (C=O) groups excluding carboxylic acids is 4. The predicted octanol–water partition coefficient (Wildman–Crippen LogP) is 4.86. The summed E-state index contributed by atoms with van der Waals surface area (Å²) in [5.74, 6) is -3.38. The number of phenolic OH excluding ortho intramolecular Hbond substituents is 1. The van der Waals surface area contributed by atoms with Crippen molar-refractivity contribution in [3.63, 3.8) is 0 Å². The number of likely N-dealkylation sites (tertiary alicyclic amines) is 2. The van der Waals surface area contributed by atoms with Gasteiger partial charge in [-0.1, -0.05) is 35.9 Å². The predicted molar refractivity (Wildman–Crippen MR) is 150 cm³/mol. The molecule has 2 aliphatic heterocycles. The van der Waals surface area contributed by atoms with Gasteiger partial charge in [-0.3, -0.25) is 29.0 Å². The van der Waals surface area contributed by atoms with Crippen LogP contribution >= 0.6 is 22.7 Å². The van der Waals surface area contributed by atoms with Crippen LogP contribution in [0.1, 0.15) is 39.6 Å². The monoisotopic (exact) mass is 572 g/mol. The molecule has 7 rings (SSSR count). The van der Waals surface area contributed by atoms with E-state index < -0.39 is 29.6 Å². The van der Waals surface area contributed by atoms with Crippen LogP contribution in [0.15, 0.2) is 64.9 Å². The summed E-state index contributed by atoms with van der Waals surface area (Å²) in [5.41, 5.74) is 2.52. The number of allylic oxidation sites excluding steroid dienone is 2. The number of hydrogen-bond acceptors (Lipinski definition) is 7. The van der Waals surface area contributed by atoms with Gasteiger partial charge in [0.1, 0.15) is 5.75 Å². The molecule has 1 saturated carbocycles. The zero-order chi connectivity index (χ0) is 27.7. The molecule has 4 heterocycles. The number of rotatable bonds is 5. The van der Waals surface area contributed by atoms with E-state index in [1.807, 2.05) is 54.1 Å². The fourth-order valence-electron chi connectivity index (χ4n) is 7.39. The molecule has 0 spiro atoms. The van der Waals surface area contributed by atoms with Gasteiger partial charge in [0, 0.05) is 15.7 Å². The Hall–Kier alpha value is -3.56. The minimum atomic E-state index is -0.579. The zero-order valence-corrected chi connectivity index (χ0v) is 23.5. The lowest BCUT2D eigenvalue weighted by Gasteiger charge is -2.44. The molecule has 0 bridgehead atoms. The van der Waals surface area contributed by atoms with Crippen LogP contribution < -0.4 is 0 Å². The Kier molecular flexibility index (Phi) is 6.05. The van der Waals surface area contributed by atoms with Crippen molar-refractivity contribution in [2.24, 2.45) is 29.6 Å².